The molecule has 104 valence electrons. The predicted molar refractivity (Wildman–Crippen MR) is 84.7 cm³/mol. The molecule has 1 aliphatic rings. The van der Waals surface area contributed by atoms with Gasteiger partial charge in [-0.1, -0.05) is 48.5 Å². The minimum Gasteiger partial charge on any atom is -0.358 e. The molecule has 1 heterocycles. The van der Waals surface area contributed by atoms with Gasteiger partial charge in [-0.2, -0.15) is 0 Å². The van der Waals surface area contributed by atoms with Gasteiger partial charge in [0.05, 0.1) is 5.41 Å². The maximum atomic E-state index is 13.2. The van der Waals surface area contributed by atoms with Crippen LogP contribution in [0.2, 0.25) is 0 Å². The van der Waals surface area contributed by atoms with Crippen molar-refractivity contribution in [3.8, 4) is 0 Å². The van der Waals surface area contributed by atoms with Crippen molar-refractivity contribution in [2.45, 2.75) is 25.2 Å². The van der Waals surface area contributed by atoms with E-state index < -0.39 is 0 Å². The molecule has 0 atom stereocenters. The number of hydrogen-bond donors (Lipinski definition) is 1. The number of aryl methyl sites for hydroxylation is 1. The Morgan fingerprint density at radius 2 is 1.67 bits per heavy atom. The molecule has 2 nitrogen and oxygen atoms in total. The molecule has 2 aromatic carbocycles. The van der Waals surface area contributed by atoms with E-state index in [-0.39, 0.29) is 11.2 Å². The van der Waals surface area contributed by atoms with E-state index in [2.05, 4.69) is 17.1 Å². The summed E-state index contributed by atoms with van der Waals surface area (Å²) in [5.74, 6) is 0.267. The van der Waals surface area contributed by atoms with Gasteiger partial charge in [0.1, 0.15) is 0 Å². The summed E-state index contributed by atoms with van der Waals surface area (Å²) in [6.07, 6.45) is 1.91. The third-order valence-electron chi connectivity index (χ3n) is 4.63. The van der Waals surface area contributed by atoms with Crippen molar-refractivity contribution in [2.24, 2.45) is 0 Å². The zero-order valence-electron chi connectivity index (χ0n) is 12.0. The first-order valence-corrected chi connectivity index (χ1v) is 7.40. The zero-order chi connectivity index (χ0) is 14.4. The summed E-state index contributed by atoms with van der Waals surface area (Å²) in [5, 5.41) is 1.04. The summed E-state index contributed by atoms with van der Waals surface area (Å²) >= 11 is 0. The summed E-state index contributed by atoms with van der Waals surface area (Å²) in [6, 6.07) is 18.3. The van der Waals surface area contributed by atoms with Crippen LogP contribution in [0.15, 0.2) is 54.6 Å². The molecule has 0 bridgehead atoms. The minimum atomic E-state index is -0.295. The first kappa shape index (κ1) is 12.4. The summed E-state index contributed by atoms with van der Waals surface area (Å²) in [6.45, 7) is 1.99. The second-order valence-corrected chi connectivity index (χ2v) is 5.95. The number of rotatable bonds is 3. The molecule has 1 N–H and O–H groups in total. The highest BCUT2D eigenvalue weighted by molar-refractivity contribution is 6.15. The number of fused-ring (bicyclic) bond motifs is 1. The number of aromatic amines is 1. The highest BCUT2D eigenvalue weighted by Gasteiger charge is 2.51. The molecule has 21 heavy (non-hydrogen) atoms. The van der Waals surface area contributed by atoms with Crippen molar-refractivity contribution in [3.05, 3.63) is 71.4 Å². The average Bonchev–Trinajstić information content (AvgIpc) is 3.25. The van der Waals surface area contributed by atoms with Crippen molar-refractivity contribution in [1.82, 2.24) is 4.98 Å². The van der Waals surface area contributed by atoms with Crippen molar-refractivity contribution < 1.29 is 4.79 Å². The monoisotopic (exact) mass is 275 g/mol. The average molecular weight is 275 g/mol. The Kier molecular flexibility index (Phi) is 2.55. The van der Waals surface area contributed by atoms with Crippen LogP contribution >= 0.6 is 0 Å². The van der Waals surface area contributed by atoms with Crippen molar-refractivity contribution in [1.29, 1.82) is 0 Å². The van der Waals surface area contributed by atoms with Crippen LogP contribution in [0.4, 0.5) is 0 Å². The SMILES string of the molecule is Cc1[nH]c2ccccc2c1C(=O)C1(c2ccccc2)CC1. The van der Waals surface area contributed by atoms with E-state index in [9.17, 15) is 4.79 Å². The first-order valence-electron chi connectivity index (χ1n) is 7.40. The molecule has 0 amide bonds. The lowest BCUT2D eigenvalue weighted by Crippen LogP contribution is -2.21. The molecule has 4 rings (SSSR count). The lowest BCUT2D eigenvalue weighted by atomic mass is 9.86. The lowest BCUT2D eigenvalue weighted by molar-refractivity contribution is 0.0947. The van der Waals surface area contributed by atoms with E-state index >= 15 is 0 Å². The second-order valence-electron chi connectivity index (χ2n) is 5.95. The van der Waals surface area contributed by atoms with Gasteiger partial charge in [-0.05, 0) is 31.4 Å². The molecule has 1 saturated carbocycles. The van der Waals surface area contributed by atoms with Crippen LogP contribution in [0.1, 0.15) is 34.5 Å². The smallest absolute Gasteiger partial charge is 0.175 e. The molecular formula is C19H17NO. The van der Waals surface area contributed by atoms with Gasteiger partial charge in [-0.25, -0.2) is 0 Å². The van der Waals surface area contributed by atoms with E-state index in [0.717, 1.165) is 40.6 Å². The molecule has 1 aliphatic carbocycles. The Bertz CT molecular complexity index is 825. The molecule has 1 fully saturated rings. The fraction of sp³-hybridized carbons (Fsp3) is 0.211. The first-order chi connectivity index (χ1) is 10.2. The Balaban J connectivity index is 1.86. The number of para-hydroxylation sites is 1. The standard InChI is InChI=1S/C19H17NO/c1-13-17(15-9-5-6-10-16(15)20-13)18(21)19(11-12-19)14-7-3-2-4-8-14/h2-10,20H,11-12H2,1H3. The molecular weight excluding hydrogens is 258 g/mol. The van der Waals surface area contributed by atoms with E-state index in [1.807, 2.05) is 49.4 Å². The van der Waals surface area contributed by atoms with Crippen LogP contribution in [0, 0.1) is 6.92 Å². The van der Waals surface area contributed by atoms with E-state index in [4.69, 9.17) is 0 Å². The van der Waals surface area contributed by atoms with Gasteiger partial charge < -0.3 is 4.98 Å². The molecule has 0 aliphatic heterocycles. The highest BCUT2D eigenvalue weighted by atomic mass is 16.1. The fourth-order valence-corrected chi connectivity index (χ4v) is 3.34. The zero-order valence-corrected chi connectivity index (χ0v) is 12.0. The van der Waals surface area contributed by atoms with Crippen LogP contribution in [0.5, 0.6) is 0 Å². The largest absolute Gasteiger partial charge is 0.358 e. The van der Waals surface area contributed by atoms with E-state index in [1.165, 1.54) is 0 Å². The van der Waals surface area contributed by atoms with Gasteiger partial charge in [0.15, 0.2) is 5.78 Å². The van der Waals surface area contributed by atoms with Crippen LogP contribution in [-0.2, 0) is 5.41 Å². The topological polar surface area (TPSA) is 32.9 Å². The van der Waals surface area contributed by atoms with Gasteiger partial charge in [0.25, 0.3) is 0 Å². The van der Waals surface area contributed by atoms with Crippen molar-refractivity contribution >= 4 is 16.7 Å². The van der Waals surface area contributed by atoms with Crippen LogP contribution in [0.3, 0.4) is 0 Å². The Labute approximate surface area is 123 Å². The maximum absolute atomic E-state index is 13.2. The number of H-pyrrole nitrogens is 1. The van der Waals surface area contributed by atoms with Crippen LogP contribution in [-0.4, -0.2) is 10.8 Å². The number of Topliss-reactive ketones (excluding diaryl/α,β-unsaturated/α-hetero) is 1. The second kappa shape index (κ2) is 4.32. The van der Waals surface area contributed by atoms with Crippen LogP contribution in [0.25, 0.3) is 10.9 Å². The highest BCUT2D eigenvalue weighted by Crippen LogP contribution is 2.51. The van der Waals surface area contributed by atoms with Crippen LogP contribution < -0.4 is 0 Å². The maximum Gasteiger partial charge on any atom is 0.175 e. The molecule has 0 radical (unpaired) electrons. The summed E-state index contributed by atoms with van der Waals surface area (Å²) in [5.41, 5.74) is 3.74. The Morgan fingerprint density at radius 3 is 2.38 bits per heavy atom. The Morgan fingerprint density at radius 1 is 1.00 bits per heavy atom. The van der Waals surface area contributed by atoms with Crippen molar-refractivity contribution in [2.75, 3.05) is 0 Å². The number of carbonyl (C=O) groups is 1. The quantitative estimate of drug-likeness (QED) is 0.706. The van der Waals surface area contributed by atoms with Crippen molar-refractivity contribution in [3.63, 3.8) is 0 Å². The van der Waals surface area contributed by atoms with E-state index in [1.54, 1.807) is 0 Å². The number of benzene rings is 2. The number of nitrogens with one attached hydrogen (secondary N) is 1. The van der Waals surface area contributed by atoms with Gasteiger partial charge in [-0.3, -0.25) is 4.79 Å². The fourth-order valence-electron chi connectivity index (χ4n) is 3.34. The number of carbonyl (C=O) groups excluding carboxylic acids is 1. The molecule has 0 unspecified atom stereocenters. The predicted octanol–water partition coefficient (Wildman–Crippen LogP) is 4.39. The summed E-state index contributed by atoms with van der Waals surface area (Å²) in [7, 11) is 0. The van der Waals surface area contributed by atoms with Gasteiger partial charge in [-0.15, -0.1) is 0 Å². The molecule has 3 aromatic rings. The normalized spacial score (nSPS) is 16.0. The summed E-state index contributed by atoms with van der Waals surface area (Å²) < 4.78 is 0. The third kappa shape index (κ3) is 1.75. The number of aromatic nitrogens is 1. The lowest BCUT2D eigenvalue weighted by Gasteiger charge is -2.14. The minimum absolute atomic E-state index is 0.267. The molecule has 1 aromatic heterocycles. The molecule has 0 saturated heterocycles. The van der Waals surface area contributed by atoms with Gasteiger partial charge >= 0.3 is 0 Å². The number of ketones is 1. The van der Waals surface area contributed by atoms with E-state index in [0.29, 0.717) is 0 Å². The van der Waals surface area contributed by atoms with Gasteiger partial charge in [0, 0.05) is 22.2 Å². The Hall–Kier alpha value is -2.35. The number of hydrogen-bond acceptors (Lipinski definition) is 1. The summed E-state index contributed by atoms with van der Waals surface area (Å²) in [4.78, 5) is 16.5. The third-order valence-corrected chi connectivity index (χ3v) is 4.63. The molecule has 2 heteroatoms. The van der Waals surface area contributed by atoms with Gasteiger partial charge in [0.2, 0.25) is 0 Å². The molecule has 0 spiro atoms.